The van der Waals surface area contributed by atoms with Crippen LogP contribution in [0.3, 0.4) is 0 Å². The van der Waals surface area contributed by atoms with E-state index < -0.39 is 28.9 Å². The van der Waals surface area contributed by atoms with Crippen molar-refractivity contribution in [1.82, 2.24) is 24.9 Å². The molecule has 0 saturated heterocycles. The minimum atomic E-state index is -0.895. The smallest absolute Gasteiger partial charge is 0.308 e. The van der Waals surface area contributed by atoms with E-state index in [1.54, 1.807) is 6.20 Å². The fraction of sp³-hybridized carbons (Fsp3) is 0.348. The number of rotatable bonds is 5. The predicted octanol–water partition coefficient (Wildman–Crippen LogP) is 5.38. The zero-order chi connectivity index (χ0) is 24.3. The van der Waals surface area contributed by atoms with Gasteiger partial charge in [0.1, 0.15) is 16.4 Å². The number of aliphatic carboxylic acids is 1. The zero-order valence-corrected chi connectivity index (χ0v) is 19.7. The molecule has 8 nitrogen and oxygen atoms in total. The van der Waals surface area contributed by atoms with Gasteiger partial charge in [0.15, 0.2) is 28.2 Å². The van der Waals surface area contributed by atoms with E-state index in [1.165, 1.54) is 18.3 Å². The topological polar surface area (TPSA) is 117 Å². The molecule has 0 radical (unpaired) electrons. The maximum absolute atomic E-state index is 15.8. The molecule has 7 rings (SSSR count). The number of fused-ring (bicyclic) bond motifs is 4. The van der Waals surface area contributed by atoms with Gasteiger partial charge in [0.25, 0.3) is 0 Å². The van der Waals surface area contributed by atoms with Gasteiger partial charge in [-0.05, 0) is 49.7 Å². The first-order chi connectivity index (χ1) is 16.9. The Bertz CT molecular complexity index is 1450. The lowest BCUT2D eigenvalue weighted by Crippen LogP contribution is -2.51. The molecule has 0 unspecified atom stereocenters. The molecule has 35 heavy (non-hydrogen) atoms. The van der Waals surface area contributed by atoms with E-state index in [4.69, 9.17) is 11.6 Å². The molecule has 3 fully saturated rings. The Kier molecular flexibility index (Phi) is 5.41. The number of aromatic amines is 1. The second-order valence-electron chi connectivity index (χ2n) is 8.96. The molecule has 4 heterocycles. The standard InChI is InChI=1S/C23H19ClF2N6O2S/c24-13-8-28-22-18(29-13)11(7-27-22)20-31-19(12-5-6-14(25)35-12)16(26)21(32-20)30-17-10-3-1-9(2-4-10)15(17)23(33)34/h5-10,15,17H,1-4H2,(H,27,28)(H,33,34)(H,30,31,32)/t9?,10?,15-,17-/m1/s1. The number of hydrogen-bond acceptors (Lipinski definition) is 7. The molecule has 2 atom stereocenters. The lowest BCUT2D eigenvalue weighted by atomic mass is 9.61. The molecule has 2 bridgehead atoms. The Morgan fingerprint density at radius 1 is 1.14 bits per heavy atom. The Morgan fingerprint density at radius 3 is 2.63 bits per heavy atom. The minimum Gasteiger partial charge on any atom is -0.481 e. The molecule has 4 aromatic heterocycles. The van der Waals surface area contributed by atoms with Gasteiger partial charge in [0.05, 0.1) is 22.6 Å². The van der Waals surface area contributed by atoms with Crippen molar-refractivity contribution in [3.05, 3.63) is 40.6 Å². The van der Waals surface area contributed by atoms with Gasteiger partial charge >= 0.3 is 5.97 Å². The Morgan fingerprint density at radius 2 is 1.91 bits per heavy atom. The van der Waals surface area contributed by atoms with Crippen molar-refractivity contribution in [3.8, 4) is 22.0 Å². The monoisotopic (exact) mass is 516 g/mol. The SMILES string of the molecule is O=C(O)[C@@H]1C2CCC(CC2)[C@H]1Nc1nc(-c2c[nH]c3ncc(Cl)nc23)nc(-c2ccc(F)s2)c1F. The average molecular weight is 517 g/mol. The summed E-state index contributed by atoms with van der Waals surface area (Å²) in [5.74, 6) is -2.14. The number of carbonyl (C=O) groups is 1. The van der Waals surface area contributed by atoms with Crippen LogP contribution in [0.15, 0.2) is 24.5 Å². The summed E-state index contributed by atoms with van der Waals surface area (Å²) < 4.78 is 29.6. The number of halogens is 3. The van der Waals surface area contributed by atoms with Crippen LogP contribution in [-0.4, -0.2) is 42.0 Å². The highest BCUT2D eigenvalue weighted by atomic mass is 35.5. The van der Waals surface area contributed by atoms with Crippen molar-refractivity contribution < 1.29 is 18.7 Å². The molecule has 0 aromatic carbocycles. The fourth-order valence-corrected chi connectivity index (χ4v) is 6.33. The van der Waals surface area contributed by atoms with Crippen molar-refractivity contribution in [2.45, 2.75) is 31.7 Å². The summed E-state index contributed by atoms with van der Waals surface area (Å²) in [6.07, 6.45) is 6.46. The quantitative estimate of drug-likeness (QED) is 0.326. The van der Waals surface area contributed by atoms with Gasteiger partial charge in [-0.1, -0.05) is 11.6 Å². The number of carboxylic acid groups (broad SMARTS) is 1. The van der Waals surface area contributed by atoms with Crippen LogP contribution < -0.4 is 5.32 Å². The minimum absolute atomic E-state index is 0.0382. The summed E-state index contributed by atoms with van der Waals surface area (Å²) in [5.41, 5.74) is 1.21. The number of nitrogens with one attached hydrogen (secondary N) is 2. The number of nitrogens with zero attached hydrogens (tertiary/aromatic N) is 4. The largest absolute Gasteiger partial charge is 0.481 e. The molecule has 3 aliphatic rings. The summed E-state index contributed by atoms with van der Waals surface area (Å²) in [5, 5.41) is 12.7. The second-order valence-corrected chi connectivity index (χ2v) is 10.4. The van der Waals surface area contributed by atoms with Crippen LogP contribution in [-0.2, 0) is 4.79 Å². The van der Waals surface area contributed by atoms with E-state index in [2.05, 4.69) is 30.2 Å². The molecular weight excluding hydrogens is 498 g/mol. The molecule has 3 saturated carbocycles. The van der Waals surface area contributed by atoms with Crippen LogP contribution in [0.25, 0.3) is 33.1 Å². The zero-order valence-electron chi connectivity index (χ0n) is 18.1. The first-order valence-electron chi connectivity index (χ1n) is 11.2. The maximum Gasteiger partial charge on any atom is 0.308 e. The van der Waals surface area contributed by atoms with Crippen molar-refractivity contribution in [2.24, 2.45) is 17.8 Å². The second kappa shape index (κ2) is 8.49. The van der Waals surface area contributed by atoms with Gasteiger partial charge in [-0.3, -0.25) is 4.79 Å². The first kappa shape index (κ1) is 22.3. The van der Waals surface area contributed by atoms with Crippen LogP contribution in [0, 0.1) is 28.7 Å². The van der Waals surface area contributed by atoms with Crippen molar-refractivity contribution in [1.29, 1.82) is 0 Å². The van der Waals surface area contributed by atoms with Crippen LogP contribution in [0.5, 0.6) is 0 Å². The van der Waals surface area contributed by atoms with Crippen LogP contribution >= 0.6 is 22.9 Å². The van der Waals surface area contributed by atoms with Crippen LogP contribution in [0.4, 0.5) is 14.6 Å². The van der Waals surface area contributed by atoms with E-state index in [1.807, 2.05) is 0 Å². The number of carboxylic acids is 1. The van der Waals surface area contributed by atoms with E-state index in [-0.39, 0.29) is 39.2 Å². The van der Waals surface area contributed by atoms with Gasteiger partial charge in [-0.25, -0.2) is 24.3 Å². The van der Waals surface area contributed by atoms with Crippen molar-refractivity contribution in [2.75, 3.05) is 5.32 Å². The number of anilines is 1. The fourth-order valence-electron chi connectivity index (χ4n) is 5.48. The number of aromatic nitrogens is 5. The molecule has 12 heteroatoms. The van der Waals surface area contributed by atoms with Crippen LogP contribution in [0.2, 0.25) is 5.15 Å². The van der Waals surface area contributed by atoms with Gasteiger partial charge in [0.2, 0.25) is 0 Å². The number of thiophene rings is 1. The lowest BCUT2D eigenvalue weighted by Gasteiger charge is -2.47. The molecule has 0 spiro atoms. The van der Waals surface area contributed by atoms with E-state index >= 15 is 4.39 Å². The third kappa shape index (κ3) is 3.82. The van der Waals surface area contributed by atoms with Crippen molar-refractivity contribution in [3.63, 3.8) is 0 Å². The average Bonchev–Trinajstić information content (AvgIpc) is 3.46. The predicted molar refractivity (Wildman–Crippen MR) is 127 cm³/mol. The van der Waals surface area contributed by atoms with Gasteiger partial charge in [0, 0.05) is 12.2 Å². The van der Waals surface area contributed by atoms with E-state index in [0.29, 0.717) is 16.7 Å². The van der Waals surface area contributed by atoms with E-state index in [9.17, 15) is 14.3 Å². The highest BCUT2D eigenvalue weighted by molar-refractivity contribution is 7.13. The highest BCUT2D eigenvalue weighted by Gasteiger charge is 2.47. The maximum atomic E-state index is 15.8. The summed E-state index contributed by atoms with van der Waals surface area (Å²) >= 11 is 6.80. The summed E-state index contributed by atoms with van der Waals surface area (Å²) in [6, 6.07) is 2.22. The third-order valence-corrected chi connectivity index (χ3v) is 8.12. The Hall–Kier alpha value is -3.18. The van der Waals surface area contributed by atoms with Gasteiger partial charge in [-0.15, -0.1) is 11.3 Å². The number of hydrogen-bond donors (Lipinski definition) is 3. The number of H-pyrrole nitrogens is 1. The Balaban J connectivity index is 1.50. The molecular formula is C23H19ClF2N6O2S. The summed E-state index contributed by atoms with van der Waals surface area (Å²) in [7, 11) is 0. The first-order valence-corrected chi connectivity index (χ1v) is 12.4. The molecule has 4 aromatic rings. The lowest BCUT2D eigenvalue weighted by molar-refractivity contribution is -0.148. The van der Waals surface area contributed by atoms with Gasteiger partial charge in [-0.2, -0.15) is 4.39 Å². The van der Waals surface area contributed by atoms with Crippen molar-refractivity contribution >= 4 is 45.9 Å². The molecule has 3 N–H and O–H groups in total. The normalized spacial score (nSPS) is 23.6. The summed E-state index contributed by atoms with van der Waals surface area (Å²) in [6.45, 7) is 0. The highest BCUT2D eigenvalue weighted by Crippen LogP contribution is 2.47. The van der Waals surface area contributed by atoms with E-state index in [0.717, 1.165) is 37.0 Å². The molecule has 3 aliphatic carbocycles. The molecule has 0 amide bonds. The molecule has 0 aliphatic heterocycles. The molecule has 180 valence electrons. The van der Waals surface area contributed by atoms with Crippen LogP contribution in [0.1, 0.15) is 25.7 Å². The third-order valence-electron chi connectivity index (χ3n) is 7.06. The Labute approximate surface area is 206 Å². The van der Waals surface area contributed by atoms with Gasteiger partial charge < -0.3 is 15.4 Å². The summed E-state index contributed by atoms with van der Waals surface area (Å²) in [4.78, 5) is 32.7.